The molecule has 0 fully saturated rings. The Morgan fingerprint density at radius 3 is 2.25 bits per heavy atom. The number of benzene rings is 2. The molecule has 0 bridgehead atoms. The molecule has 2 aromatic carbocycles. The van der Waals surface area contributed by atoms with Crippen molar-refractivity contribution in [2.75, 3.05) is 11.4 Å². The highest BCUT2D eigenvalue weighted by molar-refractivity contribution is 5.97. The summed E-state index contributed by atoms with van der Waals surface area (Å²) < 4.78 is 80.8. The van der Waals surface area contributed by atoms with E-state index < -0.39 is 59.4 Å². The number of halogens is 6. The highest BCUT2D eigenvalue weighted by Gasteiger charge is 2.48. The van der Waals surface area contributed by atoms with Crippen LogP contribution in [0.5, 0.6) is 0 Å². The summed E-state index contributed by atoms with van der Waals surface area (Å²) in [5.41, 5.74) is -3.18. The fourth-order valence-corrected chi connectivity index (χ4v) is 3.28. The van der Waals surface area contributed by atoms with Gasteiger partial charge in [0.1, 0.15) is 24.2 Å². The Kier molecular flexibility index (Phi) is 4.82. The molecule has 1 aliphatic heterocycles. The van der Waals surface area contributed by atoms with E-state index in [1.807, 2.05) is 0 Å². The summed E-state index contributed by atoms with van der Waals surface area (Å²) in [5.74, 6) is -3.57. The summed E-state index contributed by atoms with van der Waals surface area (Å²) in [7, 11) is 0. The van der Waals surface area contributed by atoms with Gasteiger partial charge < -0.3 is 10.1 Å². The quantitative estimate of drug-likeness (QED) is 0.620. The first kappa shape index (κ1) is 19.7. The number of fused-ring (bicyclic) bond motifs is 1. The molecule has 1 unspecified atom stereocenters. The van der Waals surface area contributed by atoms with Crippen LogP contribution in [0.2, 0.25) is 0 Å². The molecular weight excluding hydrogens is 390 g/mol. The maximum atomic E-state index is 14.8. The summed E-state index contributed by atoms with van der Waals surface area (Å²) >= 11 is 0. The van der Waals surface area contributed by atoms with E-state index in [0.717, 1.165) is 30.3 Å². The fourth-order valence-electron chi connectivity index (χ4n) is 3.28. The van der Waals surface area contributed by atoms with Gasteiger partial charge in [-0.25, -0.2) is 18.0 Å². The second kappa shape index (κ2) is 6.84. The number of urea groups is 1. The standard InChI is InChI=1S/C18H12F6N2O2/c19-11-3-1-10(2-4-11)17(7-8-27)14-13(6-5-12(20)15(14)21)26(16(28)25-17)9-18(22,23)24/h1-6,8H,7,9H2,(H,25,28). The van der Waals surface area contributed by atoms with Crippen molar-refractivity contribution in [3.8, 4) is 0 Å². The van der Waals surface area contributed by atoms with Crippen LogP contribution in [0, 0.1) is 17.5 Å². The third-order valence-corrected chi connectivity index (χ3v) is 4.42. The maximum Gasteiger partial charge on any atom is 0.406 e. The number of nitrogens with zero attached hydrogens (tertiary/aromatic N) is 1. The monoisotopic (exact) mass is 402 g/mol. The zero-order chi connectivity index (χ0) is 20.7. The van der Waals surface area contributed by atoms with E-state index in [0.29, 0.717) is 12.4 Å². The topological polar surface area (TPSA) is 49.4 Å². The zero-order valence-electron chi connectivity index (χ0n) is 14.0. The van der Waals surface area contributed by atoms with E-state index in [1.54, 1.807) is 0 Å². The first-order chi connectivity index (χ1) is 13.1. The number of hydrogen-bond acceptors (Lipinski definition) is 2. The van der Waals surface area contributed by atoms with Crippen LogP contribution in [0.4, 0.5) is 36.8 Å². The predicted molar refractivity (Wildman–Crippen MR) is 86.2 cm³/mol. The van der Waals surface area contributed by atoms with Gasteiger partial charge in [0.15, 0.2) is 11.6 Å². The van der Waals surface area contributed by atoms with Crippen molar-refractivity contribution in [2.24, 2.45) is 0 Å². The average Bonchev–Trinajstić information content (AvgIpc) is 2.60. The molecule has 3 rings (SSSR count). The molecule has 0 aliphatic carbocycles. The Morgan fingerprint density at radius 1 is 1.04 bits per heavy atom. The molecule has 148 valence electrons. The molecule has 0 aromatic heterocycles. The van der Waals surface area contributed by atoms with Gasteiger partial charge >= 0.3 is 12.2 Å². The molecule has 1 N–H and O–H groups in total. The van der Waals surface area contributed by atoms with E-state index in [2.05, 4.69) is 5.32 Å². The van der Waals surface area contributed by atoms with Crippen molar-refractivity contribution >= 4 is 18.0 Å². The van der Waals surface area contributed by atoms with Crippen molar-refractivity contribution in [3.05, 3.63) is 65.0 Å². The molecule has 1 atom stereocenters. The number of anilines is 1. The Morgan fingerprint density at radius 2 is 1.68 bits per heavy atom. The number of hydrogen-bond donors (Lipinski definition) is 1. The van der Waals surface area contributed by atoms with Gasteiger partial charge in [-0.05, 0) is 29.8 Å². The van der Waals surface area contributed by atoms with Crippen LogP contribution in [-0.2, 0) is 10.3 Å². The second-order valence-corrected chi connectivity index (χ2v) is 6.17. The van der Waals surface area contributed by atoms with Gasteiger partial charge in [0.05, 0.1) is 5.69 Å². The highest BCUT2D eigenvalue weighted by atomic mass is 19.4. The summed E-state index contributed by atoms with van der Waals surface area (Å²) in [6.45, 7) is -1.75. The summed E-state index contributed by atoms with van der Waals surface area (Å²) in [4.78, 5) is 24.0. The van der Waals surface area contributed by atoms with Gasteiger partial charge in [0.2, 0.25) is 0 Å². The summed E-state index contributed by atoms with van der Waals surface area (Å²) in [5, 5.41) is 2.19. The van der Waals surface area contributed by atoms with E-state index in [-0.39, 0.29) is 10.5 Å². The predicted octanol–water partition coefficient (Wildman–Crippen LogP) is 4.03. The molecule has 2 aromatic rings. The van der Waals surface area contributed by atoms with Crippen LogP contribution in [-0.4, -0.2) is 25.0 Å². The van der Waals surface area contributed by atoms with Crippen LogP contribution >= 0.6 is 0 Å². The Bertz CT molecular complexity index is 929. The van der Waals surface area contributed by atoms with Crippen LogP contribution in [0.25, 0.3) is 0 Å². The Labute approximate surface area is 154 Å². The lowest BCUT2D eigenvalue weighted by Gasteiger charge is -2.43. The molecule has 0 spiro atoms. The lowest BCUT2D eigenvalue weighted by atomic mass is 9.77. The zero-order valence-corrected chi connectivity index (χ0v) is 14.0. The lowest BCUT2D eigenvalue weighted by Crippen LogP contribution is -2.59. The van der Waals surface area contributed by atoms with E-state index in [9.17, 15) is 35.9 Å². The summed E-state index contributed by atoms with van der Waals surface area (Å²) in [6, 6.07) is 4.36. The van der Waals surface area contributed by atoms with Gasteiger partial charge in [-0.2, -0.15) is 13.2 Å². The smallest absolute Gasteiger partial charge is 0.323 e. The highest BCUT2D eigenvalue weighted by Crippen LogP contribution is 2.44. The van der Waals surface area contributed by atoms with Crippen LogP contribution in [0.15, 0.2) is 36.4 Å². The van der Waals surface area contributed by atoms with Crippen LogP contribution < -0.4 is 10.2 Å². The molecule has 1 aliphatic rings. The number of rotatable bonds is 4. The molecule has 10 heteroatoms. The number of carbonyl (C=O) groups is 2. The molecule has 1 heterocycles. The minimum atomic E-state index is -4.82. The van der Waals surface area contributed by atoms with E-state index >= 15 is 0 Å². The third-order valence-electron chi connectivity index (χ3n) is 4.42. The Balaban J connectivity index is 2.31. The average molecular weight is 402 g/mol. The largest absolute Gasteiger partial charge is 0.406 e. The molecule has 4 nitrogen and oxygen atoms in total. The number of alkyl halides is 3. The number of carbonyl (C=O) groups excluding carboxylic acids is 2. The fraction of sp³-hybridized carbons (Fsp3) is 0.222. The SMILES string of the molecule is O=CCC1(c2ccc(F)cc2)NC(=O)N(CC(F)(F)F)c2ccc(F)c(F)c21. The van der Waals surface area contributed by atoms with Crippen molar-refractivity contribution in [1.82, 2.24) is 5.32 Å². The maximum absolute atomic E-state index is 14.8. The molecule has 28 heavy (non-hydrogen) atoms. The first-order valence-corrected chi connectivity index (χ1v) is 7.93. The Hall–Kier alpha value is -3.04. The van der Waals surface area contributed by atoms with Gasteiger partial charge in [-0.15, -0.1) is 0 Å². The second-order valence-electron chi connectivity index (χ2n) is 6.17. The van der Waals surface area contributed by atoms with Gasteiger partial charge in [-0.1, -0.05) is 12.1 Å². The molecular formula is C18H12F6N2O2. The first-order valence-electron chi connectivity index (χ1n) is 7.93. The minimum absolute atomic E-state index is 0.00626. The van der Waals surface area contributed by atoms with E-state index in [4.69, 9.17) is 0 Å². The number of aldehydes is 1. The van der Waals surface area contributed by atoms with Crippen LogP contribution in [0.3, 0.4) is 0 Å². The number of nitrogens with one attached hydrogen (secondary N) is 1. The van der Waals surface area contributed by atoms with Crippen LogP contribution in [0.1, 0.15) is 17.5 Å². The van der Waals surface area contributed by atoms with Gasteiger partial charge in [0, 0.05) is 12.0 Å². The molecule has 0 saturated heterocycles. The van der Waals surface area contributed by atoms with Gasteiger partial charge in [0.25, 0.3) is 0 Å². The lowest BCUT2D eigenvalue weighted by molar-refractivity contribution is -0.119. The van der Waals surface area contributed by atoms with Crippen molar-refractivity contribution in [3.63, 3.8) is 0 Å². The van der Waals surface area contributed by atoms with Gasteiger partial charge in [-0.3, -0.25) is 4.90 Å². The summed E-state index contributed by atoms with van der Waals surface area (Å²) in [6.07, 6.45) is -5.13. The third kappa shape index (κ3) is 3.30. The normalized spacial score (nSPS) is 19.2. The molecule has 2 amide bonds. The molecule has 0 saturated carbocycles. The van der Waals surface area contributed by atoms with Crippen molar-refractivity contribution in [2.45, 2.75) is 18.1 Å². The minimum Gasteiger partial charge on any atom is -0.323 e. The molecule has 0 radical (unpaired) electrons. The van der Waals surface area contributed by atoms with E-state index in [1.165, 1.54) is 0 Å². The van der Waals surface area contributed by atoms with Crippen molar-refractivity contribution in [1.29, 1.82) is 0 Å². The number of amides is 2. The van der Waals surface area contributed by atoms with Crippen molar-refractivity contribution < 1.29 is 35.9 Å².